The van der Waals surface area contributed by atoms with E-state index in [0.717, 1.165) is 11.3 Å². The van der Waals surface area contributed by atoms with Gasteiger partial charge in [0.1, 0.15) is 11.6 Å². The van der Waals surface area contributed by atoms with Crippen molar-refractivity contribution < 1.29 is 4.74 Å². The Morgan fingerprint density at radius 2 is 2.14 bits per heavy atom. The first kappa shape index (κ1) is 8.62. The molecule has 0 saturated heterocycles. The second kappa shape index (κ2) is 3.41. The van der Waals surface area contributed by atoms with Gasteiger partial charge in [-0.3, -0.25) is 4.98 Å². The molecule has 0 amide bonds. The second-order valence-electron chi connectivity index (χ2n) is 3.01. The van der Waals surface area contributed by atoms with Crippen LogP contribution in [-0.2, 0) is 0 Å². The molecule has 0 bridgehead atoms. The third kappa shape index (κ3) is 1.69. The predicted octanol–water partition coefficient (Wildman–Crippen LogP) is 2.09. The van der Waals surface area contributed by atoms with Gasteiger partial charge in [0.05, 0.1) is 6.20 Å². The van der Waals surface area contributed by atoms with Crippen LogP contribution >= 0.6 is 0 Å². The Bertz CT molecular complexity index is 436. The number of aromatic nitrogens is 2. The quantitative estimate of drug-likeness (QED) is 0.760. The van der Waals surface area contributed by atoms with Crippen molar-refractivity contribution in [3.8, 4) is 11.8 Å². The number of H-pyrrole nitrogens is 1. The fourth-order valence-electron chi connectivity index (χ4n) is 1.14. The van der Waals surface area contributed by atoms with Crippen molar-refractivity contribution in [2.45, 2.75) is 6.92 Å². The van der Waals surface area contributed by atoms with E-state index >= 15 is 0 Å². The number of imidazole rings is 1. The first-order valence-electron chi connectivity index (χ1n) is 4.29. The van der Waals surface area contributed by atoms with Gasteiger partial charge in [-0.15, -0.1) is 0 Å². The topological polar surface area (TPSA) is 63.9 Å². The molecule has 4 nitrogen and oxygen atoms in total. The fourth-order valence-corrected chi connectivity index (χ4v) is 1.14. The highest BCUT2D eigenvalue weighted by Crippen LogP contribution is 2.22. The maximum absolute atomic E-state index is 5.48. The second-order valence-corrected chi connectivity index (χ2v) is 3.01. The lowest BCUT2D eigenvalue weighted by atomic mass is 10.2. The van der Waals surface area contributed by atoms with Gasteiger partial charge in [0.15, 0.2) is 0 Å². The summed E-state index contributed by atoms with van der Waals surface area (Å²) in [7, 11) is 0. The summed E-state index contributed by atoms with van der Waals surface area (Å²) in [6.45, 7) is 1.97. The van der Waals surface area contributed by atoms with Crippen molar-refractivity contribution in [3.05, 3.63) is 36.0 Å². The molecule has 0 radical (unpaired) electrons. The van der Waals surface area contributed by atoms with Gasteiger partial charge in [0, 0.05) is 0 Å². The zero-order valence-corrected chi connectivity index (χ0v) is 7.82. The number of nitrogens with one attached hydrogen (secondary N) is 1. The Labute approximate surface area is 81.7 Å². The van der Waals surface area contributed by atoms with E-state index in [1.54, 1.807) is 0 Å². The maximum Gasteiger partial charge on any atom is 0.300 e. The van der Waals surface area contributed by atoms with Crippen LogP contribution in [0.1, 0.15) is 5.56 Å². The molecule has 14 heavy (non-hydrogen) atoms. The van der Waals surface area contributed by atoms with Crippen molar-refractivity contribution in [2.75, 3.05) is 5.73 Å². The Balaban J connectivity index is 2.23. The minimum atomic E-state index is 0.414. The number of hydrogen-bond donors (Lipinski definition) is 2. The van der Waals surface area contributed by atoms with Gasteiger partial charge in [-0.1, -0.05) is 18.2 Å². The van der Waals surface area contributed by atoms with Crippen LogP contribution in [0.5, 0.6) is 11.8 Å². The van der Waals surface area contributed by atoms with Gasteiger partial charge in [-0.2, -0.15) is 0 Å². The molecule has 0 spiro atoms. The molecule has 72 valence electrons. The molecule has 0 aliphatic rings. The number of rotatable bonds is 2. The van der Waals surface area contributed by atoms with Gasteiger partial charge in [-0.25, -0.2) is 4.98 Å². The van der Waals surface area contributed by atoms with E-state index in [0.29, 0.717) is 11.8 Å². The summed E-state index contributed by atoms with van der Waals surface area (Å²) in [5.41, 5.74) is 6.53. The summed E-state index contributed by atoms with van der Waals surface area (Å²) in [5.74, 6) is 1.27. The molecule has 2 aromatic rings. The van der Waals surface area contributed by atoms with E-state index < -0.39 is 0 Å². The highest BCUT2D eigenvalue weighted by Gasteiger charge is 2.02. The van der Waals surface area contributed by atoms with E-state index in [4.69, 9.17) is 10.5 Å². The number of aryl methyl sites for hydroxylation is 1. The van der Waals surface area contributed by atoms with Gasteiger partial charge in [0.2, 0.25) is 0 Å². The Hall–Kier alpha value is -1.97. The zero-order valence-electron chi connectivity index (χ0n) is 7.82. The Morgan fingerprint density at radius 3 is 2.79 bits per heavy atom. The van der Waals surface area contributed by atoms with E-state index in [9.17, 15) is 0 Å². The molecule has 0 saturated carbocycles. The zero-order chi connectivity index (χ0) is 9.97. The molecule has 0 fully saturated rings. The van der Waals surface area contributed by atoms with Crippen LogP contribution in [-0.4, -0.2) is 9.97 Å². The molecule has 0 aliphatic carbocycles. The van der Waals surface area contributed by atoms with Crippen molar-refractivity contribution >= 4 is 5.82 Å². The average molecular weight is 189 g/mol. The van der Waals surface area contributed by atoms with E-state index in [1.165, 1.54) is 6.20 Å². The minimum Gasteiger partial charge on any atom is -0.425 e. The van der Waals surface area contributed by atoms with Crippen LogP contribution in [0.15, 0.2) is 30.5 Å². The highest BCUT2D eigenvalue weighted by molar-refractivity contribution is 5.35. The third-order valence-corrected chi connectivity index (χ3v) is 1.87. The standard InChI is InChI=1S/C10H11N3O/c1-7-4-2-3-5-8(7)14-10-12-6-9(11)13-10/h2-6H,11H2,1H3,(H,12,13). The van der Waals surface area contributed by atoms with Crippen LogP contribution in [0.3, 0.4) is 0 Å². The molecular formula is C10H11N3O. The smallest absolute Gasteiger partial charge is 0.300 e. The molecule has 3 N–H and O–H groups in total. The van der Waals surface area contributed by atoms with Crippen molar-refractivity contribution in [1.82, 2.24) is 9.97 Å². The third-order valence-electron chi connectivity index (χ3n) is 1.87. The molecule has 1 aromatic carbocycles. The summed E-state index contributed by atoms with van der Waals surface area (Å²) in [6, 6.07) is 8.14. The molecule has 0 unspecified atom stereocenters. The lowest BCUT2D eigenvalue weighted by Crippen LogP contribution is -1.89. The van der Waals surface area contributed by atoms with E-state index in [1.807, 2.05) is 31.2 Å². The van der Waals surface area contributed by atoms with Crippen molar-refractivity contribution in [1.29, 1.82) is 0 Å². The molecule has 1 aromatic heterocycles. The van der Waals surface area contributed by atoms with Crippen molar-refractivity contribution in [2.24, 2.45) is 0 Å². The van der Waals surface area contributed by atoms with Gasteiger partial charge in [0.25, 0.3) is 0 Å². The Kier molecular flexibility index (Phi) is 2.10. The number of para-hydroxylation sites is 1. The molecule has 4 heteroatoms. The first-order chi connectivity index (χ1) is 6.75. The van der Waals surface area contributed by atoms with Crippen LogP contribution in [0.4, 0.5) is 5.82 Å². The number of hydrogen-bond acceptors (Lipinski definition) is 3. The number of nitrogens with two attached hydrogens (primary N) is 1. The predicted molar refractivity (Wildman–Crippen MR) is 54.3 cm³/mol. The molecule has 0 aliphatic heterocycles. The summed E-state index contributed by atoms with van der Waals surface area (Å²) >= 11 is 0. The van der Waals surface area contributed by atoms with E-state index in [-0.39, 0.29) is 0 Å². The SMILES string of the molecule is Cc1ccccc1Oc1ncc(N)[nH]1. The maximum atomic E-state index is 5.48. The number of benzene rings is 1. The van der Waals surface area contributed by atoms with Crippen LogP contribution < -0.4 is 10.5 Å². The number of aromatic amines is 1. The number of nitrogens with zero attached hydrogens (tertiary/aromatic N) is 1. The van der Waals surface area contributed by atoms with Gasteiger partial charge >= 0.3 is 6.01 Å². The molecule has 2 rings (SSSR count). The fraction of sp³-hybridized carbons (Fsp3) is 0.100. The first-order valence-corrected chi connectivity index (χ1v) is 4.29. The number of ether oxygens (including phenoxy) is 1. The van der Waals surface area contributed by atoms with Crippen LogP contribution in [0, 0.1) is 6.92 Å². The summed E-state index contributed by atoms with van der Waals surface area (Å²) in [6.07, 6.45) is 1.52. The lowest BCUT2D eigenvalue weighted by Gasteiger charge is -2.04. The molecule has 0 atom stereocenters. The van der Waals surface area contributed by atoms with Crippen LogP contribution in [0.2, 0.25) is 0 Å². The monoisotopic (exact) mass is 189 g/mol. The van der Waals surface area contributed by atoms with Gasteiger partial charge < -0.3 is 10.5 Å². The van der Waals surface area contributed by atoms with Gasteiger partial charge in [-0.05, 0) is 18.6 Å². The highest BCUT2D eigenvalue weighted by atomic mass is 16.5. The van der Waals surface area contributed by atoms with Crippen molar-refractivity contribution in [3.63, 3.8) is 0 Å². The molecule has 1 heterocycles. The summed E-state index contributed by atoms with van der Waals surface area (Å²) in [4.78, 5) is 6.75. The summed E-state index contributed by atoms with van der Waals surface area (Å²) in [5, 5.41) is 0. The summed E-state index contributed by atoms with van der Waals surface area (Å²) < 4.78 is 5.48. The van der Waals surface area contributed by atoms with Crippen LogP contribution in [0.25, 0.3) is 0 Å². The van der Waals surface area contributed by atoms with E-state index in [2.05, 4.69) is 9.97 Å². The largest absolute Gasteiger partial charge is 0.425 e. The normalized spacial score (nSPS) is 10.1. The minimum absolute atomic E-state index is 0.414. The number of nitrogen functional groups attached to an aromatic ring is 1. The number of anilines is 1. The average Bonchev–Trinajstić information content (AvgIpc) is 2.56. The Morgan fingerprint density at radius 1 is 1.36 bits per heavy atom. The molecular weight excluding hydrogens is 178 g/mol. The lowest BCUT2D eigenvalue weighted by molar-refractivity contribution is 0.445.